The second-order valence-electron chi connectivity index (χ2n) is 8.02. The van der Waals surface area contributed by atoms with E-state index in [2.05, 4.69) is 62.3 Å². The van der Waals surface area contributed by atoms with E-state index in [1.54, 1.807) is 11.3 Å². The molecule has 4 heteroatoms. The maximum absolute atomic E-state index is 11.2. The summed E-state index contributed by atoms with van der Waals surface area (Å²) in [6.07, 6.45) is 6.65. The quantitative estimate of drug-likeness (QED) is 0.709. The fourth-order valence-corrected chi connectivity index (χ4v) is 4.83. The molecule has 1 aliphatic rings. The summed E-state index contributed by atoms with van der Waals surface area (Å²) in [6, 6.07) is 9.36. The maximum atomic E-state index is 11.2. The van der Waals surface area contributed by atoms with Gasteiger partial charge in [0.25, 0.3) is 0 Å². The molecule has 1 saturated carbocycles. The number of aryl methyl sites for hydroxylation is 1. The molecule has 1 fully saturated rings. The molecule has 1 aliphatic carbocycles. The highest BCUT2D eigenvalue weighted by Gasteiger charge is 2.35. The zero-order chi connectivity index (χ0) is 18.7. The van der Waals surface area contributed by atoms with Crippen molar-refractivity contribution in [2.24, 2.45) is 0 Å². The van der Waals surface area contributed by atoms with Gasteiger partial charge in [0.15, 0.2) is 0 Å². The molecule has 26 heavy (non-hydrogen) atoms. The summed E-state index contributed by atoms with van der Waals surface area (Å²) in [5.74, 6) is 0.527. The van der Waals surface area contributed by atoms with Crippen molar-refractivity contribution in [1.82, 2.24) is 10.3 Å². The van der Waals surface area contributed by atoms with E-state index in [0.29, 0.717) is 18.0 Å². The third-order valence-corrected chi connectivity index (χ3v) is 6.74. The number of aliphatic hydroxyl groups is 1. The van der Waals surface area contributed by atoms with Crippen LogP contribution in [0.2, 0.25) is 0 Å². The molecule has 1 aromatic heterocycles. The van der Waals surface area contributed by atoms with E-state index in [4.69, 9.17) is 0 Å². The van der Waals surface area contributed by atoms with E-state index in [-0.39, 0.29) is 0 Å². The van der Waals surface area contributed by atoms with Gasteiger partial charge in [-0.3, -0.25) is 0 Å². The third kappa shape index (κ3) is 4.36. The number of benzene rings is 1. The van der Waals surface area contributed by atoms with Crippen LogP contribution in [0.4, 0.5) is 0 Å². The van der Waals surface area contributed by atoms with E-state index < -0.39 is 5.60 Å². The van der Waals surface area contributed by atoms with Gasteiger partial charge in [-0.1, -0.05) is 45.0 Å². The van der Waals surface area contributed by atoms with Crippen LogP contribution in [0.5, 0.6) is 0 Å². The Morgan fingerprint density at radius 1 is 1.23 bits per heavy atom. The summed E-state index contributed by atoms with van der Waals surface area (Å²) >= 11 is 1.79. The highest BCUT2D eigenvalue weighted by molar-refractivity contribution is 7.11. The van der Waals surface area contributed by atoms with E-state index >= 15 is 0 Å². The summed E-state index contributed by atoms with van der Waals surface area (Å²) in [6.45, 7) is 8.73. The first-order chi connectivity index (χ1) is 12.4. The fourth-order valence-electron chi connectivity index (χ4n) is 3.91. The van der Waals surface area contributed by atoms with Crippen molar-refractivity contribution >= 4 is 11.3 Å². The van der Waals surface area contributed by atoms with Crippen molar-refractivity contribution in [3.05, 3.63) is 51.5 Å². The zero-order valence-corrected chi connectivity index (χ0v) is 17.3. The van der Waals surface area contributed by atoms with E-state index in [1.807, 2.05) is 6.20 Å². The second-order valence-corrected chi connectivity index (χ2v) is 9.29. The van der Waals surface area contributed by atoms with E-state index in [1.165, 1.54) is 15.4 Å². The van der Waals surface area contributed by atoms with Gasteiger partial charge in [-0.05, 0) is 56.1 Å². The Morgan fingerprint density at radius 2 is 1.88 bits per heavy atom. The number of hydrogen-bond acceptors (Lipinski definition) is 4. The predicted octanol–water partition coefficient (Wildman–Crippen LogP) is 5.45. The van der Waals surface area contributed by atoms with Gasteiger partial charge in [0.2, 0.25) is 0 Å². The van der Waals surface area contributed by atoms with Gasteiger partial charge in [0, 0.05) is 17.1 Å². The number of thiazole rings is 1. The molecule has 142 valence electrons. The molecule has 3 nitrogen and oxygen atoms in total. The van der Waals surface area contributed by atoms with Crippen LogP contribution in [0, 0.1) is 6.92 Å². The predicted molar refractivity (Wildman–Crippen MR) is 110 cm³/mol. The average molecular weight is 373 g/mol. The molecule has 0 bridgehead atoms. The maximum Gasteiger partial charge on any atom is 0.110 e. The van der Waals surface area contributed by atoms with Gasteiger partial charge in [-0.25, -0.2) is 4.98 Å². The molecule has 0 spiro atoms. The van der Waals surface area contributed by atoms with Crippen molar-refractivity contribution in [3.8, 4) is 0 Å². The Morgan fingerprint density at radius 3 is 2.38 bits per heavy atom. The highest BCUT2D eigenvalue weighted by Crippen LogP contribution is 2.38. The van der Waals surface area contributed by atoms with Crippen molar-refractivity contribution in [1.29, 1.82) is 0 Å². The van der Waals surface area contributed by atoms with Crippen molar-refractivity contribution in [2.45, 2.75) is 83.4 Å². The first-order valence-electron chi connectivity index (χ1n) is 9.92. The number of nitrogens with zero attached hydrogens (tertiary/aromatic N) is 1. The lowest BCUT2D eigenvalue weighted by Crippen LogP contribution is -2.41. The minimum Gasteiger partial charge on any atom is -0.385 e. The van der Waals surface area contributed by atoms with Gasteiger partial charge in [-0.15, -0.1) is 11.3 Å². The smallest absolute Gasteiger partial charge is 0.110 e. The number of rotatable bonds is 6. The third-order valence-electron chi connectivity index (χ3n) is 5.71. The summed E-state index contributed by atoms with van der Waals surface area (Å²) in [5, 5.41) is 16.1. The topological polar surface area (TPSA) is 45.1 Å². The van der Waals surface area contributed by atoms with Gasteiger partial charge in [0.1, 0.15) is 5.01 Å². The van der Waals surface area contributed by atoms with Crippen molar-refractivity contribution < 1.29 is 5.11 Å². The van der Waals surface area contributed by atoms with Crippen LogP contribution in [0.1, 0.15) is 85.8 Å². The van der Waals surface area contributed by atoms with E-state index in [0.717, 1.165) is 37.7 Å². The monoisotopic (exact) mass is 372 g/mol. The van der Waals surface area contributed by atoms with E-state index in [9.17, 15) is 5.11 Å². The molecule has 0 amide bonds. The first kappa shape index (κ1) is 19.5. The Balaban J connectivity index is 1.60. The van der Waals surface area contributed by atoms with Crippen LogP contribution in [-0.2, 0) is 5.60 Å². The molecule has 1 heterocycles. The Bertz CT molecular complexity index is 699. The Labute approximate surface area is 161 Å². The molecule has 1 atom stereocenters. The summed E-state index contributed by atoms with van der Waals surface area (Å²) in [4.78, 5) is 5.82. The second kappa shape index (κ2) is 8.20. The van der Waals surface area contributed by atoms with Crippen molar-refractivity contribution in [3.63, 3.8) is 0 Å². The molecule has 0 radical (unpaired) electrons. The van der Waals surface area contributed by atoms with Crippen LogP contribution in [0.25, 0.3) is 0 Å². The van der Waals surface area contributed by atoms with Crippen molar-refractivity contribution in [2.75, 3.05) is 0 Å². The zero-order valence-electron chi connectivity index (χ0n) is 16.5. The highest BCUT2D eigenvalue weighted by atomic mass is 32.1. The van der Waals surface area contributed by atoms with Crippen LogP contribution in [0.3, 0.4) is 0 Å². The molecule has 0 saturated heterocycles. The van der Waals surface area contributed by atoms with Gasteiger partial charge in [0.05, 0.1) is 11.6 Å². The lowest BCUT2D eigenvalue weighted by molar-refractivity contribution is -0.00947. The summed E-state index contributed by atoms with van der Waals surface area (Å²) in [5.41, 5.74) is 1.73. The molecule has 3 rings (SSSR count). The molecular formula is C22H32N2OS. The largest absolute Gasteiger partial charge is 0.385 e. The Hall–Kier alpha value is -1.23. The molecular weight excluding hydrogens is 340 g/mol. The lowest BCUT2D eigenvalue weighted by atomic mass is 9.77. The first-order valence-corrected chi connectivity index (χ1v) is 10.7. The van der Waals surface area contributed by atoms with Crippen LogP contribution in [-0.4, -0.2) is 16.1 Å². The molecule has 0 aliphatic heterocycles. The van der Waals surface area contributed by atoms with Gasteiger partial charge in [-0.2, -0.15) is 0 Å². The Kier molecular flexibility index (Phi) is 6.16. The van der Waals surface area contributed by atoms with Crippen LogP contribution < -0.4 is 5.32 Å². The normalized spacial score (nSPS) is 24.8. The summed E-state index contributed by atoms with van der Waals surface area (Å²) in [7, 11) is 0. The van der Waals surface area contributed by atoms with Gasteiger partial charge >= 0.3 is 0 Å². The number of nitrogens with one attached hydrogen (secondary N) is 1. The van der Waals surface area contributed by atoms with Gasteiger partial charge < -0.3 is 10.4 Å². The average Bonchev–Trinajstić information content (AvgIpc) is 3.07. The minimum absolute atomic E-state index is 0.329. The summed E-state index contributed by atoms with van der Waals surface area (Å²) < 4.78 is 0. The molecule has 1 unspecified atom stereocenters. The minimum atomic E-state index is -0.673. The molecule has 2 aromatic rings. The fraction of sp³-hybridized carbons (Fsp3) is 0.591. The standard InChI is InChI=1S/C22H32N2OS/c1-5-20(21-23-14-16(4)26-21)24-19-10-12-22(25,13-11-19)18-8-6-17(7-9-18)15(2)3/h6-9,14-15,19-20,24-25H,5,10-13H2,1-4H3. The SMILES string of the molecule is CCC(NC1CCC(O)(c2ccc(C(C)C)cc2)CC1)c1ncc(C)s1. The molecule has 1 aromatic carbocycles. The molecule has 2 N–H and O–H groups in total. The van der Waals surface area contributed by atoms with Crippen LogP contribution in [0.15, 0.2) is 30.5 Å². The number of hydrogen-bond donors (Lipinski definition) is 2. The van der Waals surface area contributed by atoms with Crippen LogP contribution >= 0.6 is 11.3 Å². The lowest BCUT2D eigenvalue weighted by Gasteiger charge is -2.38. The number of aromatic nitrogens is 1.